The summed E-state index contributed by atoms with van der Waals surface area (Å²) in [6.07, 6.45) is 8.68. The first-order valence-corrected chi connectivity index (χ1v) is 6.53. The summed E-state index contributed by atoms with van der Waals surface area (Å²) in [6.45, 7) is 0.643. The predicted octanol–water partition coefficient (Wildman–Crippen LogP) is 2.17. The van der Waals surface area contributed by atoms with Crippen LogP contribution in [0.2, 0.25) is 0 Å². The van der Waals surface area contributed by atoms with Crippen molar-refractivity contribution in [2.75, 3.05) is 11.9 Å². The van der Waals surface area contributed by atoms with E-state index in [1.54, 1.807) is 12.4 Å². The van der Waals surface area contributed by atoms with Crippen LogP contribution in [0, 0.1) is 5.92 Å². The van der Waals surface area contributed by atoms with Crippen molar-refractivity contribution in [1.29, 1.82) is 0 Å². The number of hydrogen-bond donors (Lipinski definition) is 2. The van der Waals surface area contributed by atoms with E-state index < -0.39 is 0 Å². The molecule has 1 aromatic rings. The van der Waals surface area contributed by atoms with E-state index in [1.807, 2.05) is 0 Å². The minimum Gasteiger partial charge on any atom is -0.350 e. The van der Waals surface area contributed by atoms with Crippen LogP contribution >= 0.6 is 15.9 Å². The van der Waals surface area contributed by atoms with Crippen molar-refractivity contribution < 1.29 is 0 Å². The van der Waals surface area contributed by atoms with E-state index in [0.29, 0.717) is 24.5 Å². The molecule has 2 rings (SSSR count). The smallest absolute Gasteiger partial charge is 0.222 e. The maximum atomic E-state index is 5.80. The molecule has 1 aromatic heterocycles. The van der Waals surface area contributed by atoms with Gasteiger partial charge in [-0.1, -0.05) is 12.8 Å². The van der Waals surface area contributed by atoms with Gasteiger partial charge in [0.2, 0.25) is 5.95 Å². The molecule has 5 heteroatoms. The average molecular weight is 285 g/mol. The largest absolute Gasteiger partial charge is 0.350 e. The van der Waals surface area contributed by atoms with E-state index in [1.165, 1.54) is 25.7 Å². The summed E-state index contributed by atoms with van der Waals surface area (Å²) < 4.78 is 0.892. The Morgan fingerprint density at radius 3 is 2.56 bits per heavy atom. The second-order valence-electron chi connectivity index (χ2n) is 4.26. The molecule has 0 radical (unpaired) electrons. The summed E-state index contributed by atoms with van der Waals surface area (Å²) in [4.78, 5) is 8.43. The van der Waals surface area contributed by atoms with Crippen molar-refractivity contribution in [3.05, 3.63) is 16.9 Å². The number of nitrogens with one attached hydrogen (secondary N) is 1. The van der Waals surface area contributed by atoms with Gasteiger partial charge < -0.3 is 11.1 Å². The minimum atomic E-state index is 0.309. The van der Waals surface area contributed by atoms with Gasteiger partial charge in [-0.3, -0.25) is 0 Å². The van der Waals surface area contributed by atoms with Gasteiger partial charge in [-0.15, -0.1) is 0 Å². The lowest BCUT2D eigenvalue weighted by atomic mass is 9.98. The molecular formula is C11H17BrN4. The van der Waals surface area contributed by atoms with Gasteiger partial charge in [-0.25, -0.2) is 9.97 Å². The molecular weight excluding hydrogens is 268 g/mol. The van der Waals surface area contributed by atoms with Crippen LogP contribution < -0.4 is 11.1 Å². The lowest BCUT2D eigenvalue weighted by molar-refractivity contribution is 0.460. The van der Waals surface area contributed by atoms with Crippen molar-refractivity contribution in [3.8, 4) is 0 Å². The molecule has 88 valence electrons. The van der Waals surface area contributed by atoms with Crippen LogP contribution in [-0.2, 0) is 0 Å². The van der Waals surface area contributed by atoms with Gasteiger partial charge in [0.1, 0.15) is 0 Å². The molecule has 0 aromatic carbocycles. The molecule has 1 unspecified atom stereocenters. The van der Waals surface area contributed by atoms with Gasteiger partial charge in [0.05, 0.1) is 4.47 Å². The van der Waals surface area contributed by atoms with Crippen molar-refractivity contribution in [2.45, 2.75) is 31.7 Å². The quantitative estimate of drug-likeness (QED) is 0.890. The first-order valence-electron chi connectivity index (χ1n) is 5.73. The number of anilines is 1. The molecule has 4 nitrogen and oxygen atoms in total. The monoisotopic (exact) mass is 284 g/mol. The van der Waals surface area contributed by atoms with Gasteiger partial charge in [0.15, 0.2) is 0 Å². The zero-order chi connectivity index (χ0) is 11.4. The number of halogens is 1. The fourth-order valence-corrected chi connectivity index (χ4v) is 2.49. The molecule has 0 spiro atoms. The zero-order valence-electron chi connectivity index (χ0n) is 9.19. The molecule has 1 saturated carbocycles. The fraction of sp³-hybridized carbons (Fsp3) is 0.636. The molecule has 1 heterocycles. The van der Waals surface area contributed by atoms with Gasteiger partial charge in [-0.2, -0.15) is 0 Å². The summed E-state index contributed by atoms with van der Waals surface area (Å²) >= 11 is 3.32. The minimum absolute atomic E-state index is 0.309. The lowest BCUT2D eigenvalue weighted by Gasteiger charge is -2.22. The third kappa shape index (κ3) is 2.92. The molecule has 0 aliphatic heterocycles. The van der Waals surface area contributed by atoms with Crippen LogP contribution in [-0.4, -0.2) is 22.6 Å². The van der Waals surface area contributed by atoms with Crippen LogP contribution in [0.25, 0.3) is 0 Å². The first kappa shape index (κ1) is 11.8. The Labute approximate surface area is 104 Å². The third-order valence-electron chi connectivity index (χ3n) is 3.16. The molecule has 16 heavy (non-hydrogen) atoms. The van der Waals surface area contributed by atoms with Crippen LogP contribution in [0.5, 0.6) is 0 Å². The number of hydrogen-bond acceptors (Lipinski definition) is 4. The third-order valence-corrected chi connectivity index (χ3v) is 3.57. The summed E-state index contributed by atoms with van der Waals surface area (Å²) in [5.74, 6) is 1.35. The Bertz CT molecular complexity index is 321. The Kier molecular flexibility index (Phi) is 4.12. The van der Waals surface area contributed by atoms with Gasteiger partial charge in [0, 0.05) is 25.0 Å². The normalized spacial score (nSPS) is 18.6. The van der Waals surface area contributed by atoms with Gasteiger partial charge in [0.25, 0.3) is 0 Å². The molecule has 0 saturated heterocycles. The molecule has 0 amide bonds. The van der Waals surface area contributed by atoms with E-state index in [9.17, 15) is 0 Å². The highest BCUT2D eigenvalue weighted by atomic mass is 79.9. The molecule has 0 bridgehead atoms. The summed E-state index contributed by atoms with van der Waals surface area (Å²) in [5, 5.41) is 3.33. The first-order chi connectivity index (χ1) is 7.79. The Balaban J connectivity index is 1.97. The number of nitrogens with zero attached hydrogens (tertiary/aromatic N) is 2. The van der Waals surface area contributed by atoms with E-state index in [2.05, 4.69) is 31.2 Å². The highest BCUT2D eigenvalue weighted by molar-refractivity contribution is 9.10. The molecule has 1 fully saturated rings. The lowest BCUT2D eigenvalue weighted by Crippen LogP contribution is -2.35. The number of aromatic nitrogens is 2. The van der Waals surface area contributed by atoms with Crippen LogP contribution in [0.3, 0.4) is 0 Å². The number of rotatable bonds is 4. The van der Waals surface area contributed by atoms with Gasteiger partial charge in [-0.05, 0) is 34.7 Å². The van der Waals surface area contributed by atoms with E-state index in [4.69, 9.17) is 5.73 Å². The SMILES string of the molecule is NCC(Nc1ncc(Br)cn1)C1CCCC1. The van der Waals surface area contributed by atoms with E-state index in [0.717, 1.165) is 4.47 Å². The Hall–Kier alpha value is -0.680. The van der Waals surface area contributed by atoms with Crippen LogP contribution in [0.15, 0.2) is 16.9 Å². The Morgan fingerprint density at radius 2 is 2.00 bits per heavy atom. The van der Waals surface area contributed by atoms with Crippen LogP contribution in [0.4, 0.5) is 5.95 Å². The topological polar surface area (TPSA) is 63.8 Å². The van der Waals surface area contributed by atoms with E-state index in [-0.39, 0.29) is 0 Å². The highest BCUT2D eigenvalue weighted by Crippen LogP contribution is 2.28. The van der Waals surface area contributed by atoms with Crippen molar-refractivity contribution >= 4 is 21.9 Å². The summed E-state index contributed by atoms with van der Waals surface area (Å²) in [5.41, 5.74) is 5.80. The number of nitrogens with two attached hydrogens (primary N) is 1. The second-order valence-corrected chi connectivity index (χ2v) is 5.17. The van der Waals surface area contributed by atoms with Gasteiger partial charge >= 0.3 is 0 Å². The maximum absolute atomic E-state index is 5.80. The predicted molar refractivity (Wildman–Crippen MR) is 68.2 cm³/mol. The van der Waals surface area contributed by atoms with Crippen molar-refractivity contribution in [1.82, 2.24) is 9.97 Å². The zero-order valence-corrected chi connectivity index (χ0v) is 10.8. The van der Waals surface area contributed by atoms with Crippen molar-refractivity contribution in [2.24, 2.45) is 11.7 Å². The highest BCUT2D eigenvalue weighted by Gasteiger charge is 2.24. The maximum Gasteiger partial charge on any atom is 0.222 e. The van der Waals surface area contributed by atoms with E-state index >= 15 is 0 Å². The Morgan fingerprint density at radius 1 is 1.38 bits per heavy atom. The molecule has 1 aliphatic rings. The van der Waals surface area contributed by atoms with Crippen LogP contribution in [0.1, 0.15) is 25.7 Å². The second kappa shape index (κ2) is 5.59. The standard InChI is InChI=1S/C11H17BrN4/c12-9-6-14-11(15-7-9)16-10(5-13)8-3-1-2-4-8/h6-8,10H,1-5,13H2,(H,14,15,16). The molecule has 1 atom stereocenters. The summed E-state index contributed by atoms with van der Waals surface area (Å²) in [6, 6.07) is 0.309. The summed E-state index contributed by atoms with van der Waals surface area (Å²) in [7, 11) is 0. The average Bonchev–Trinajstić information content (AvgIpc) is 2.82. The fourth-order valence-electron chi connectivity index (χ4n) is 2.28. The molecule has 1 aliphatic carbocycles. The molecule has 3 N–H and O–H groups in total. The van der Waals surface area contributed by atoms with Crippen molar-refractivity contribution in [3.63, 3.8) is 0 Å².